The van der Waals surface area contributed by atoms with E-state index in [1.54, 1.807) is 0 Å². The third-order valence-electron chi connectivity index (χ3n) is 4.05. The molecule has 0 heterocycles. The van der Waals surface area contributed by atoms with Crippen molar-refractivity contribution < 1.29 is 27.2 Å². The SMILES string of the molecule is O=C(Cl)C1(C(=O)c2ccc(F)cc2C(F)(F)F)CCCCC1. The maximum Gasteiger partial charge on any atom is 0.417 e. The number of alkyl halides is 3. The summed E-state index contributed by atoms with van der Waals surface area (Å²) < 4.78 is 52.3. The van der Waals surface area contributed by atoms with Crippen molar-refractivity contribution in [2.24, 2.45) is 5.41 Å². The molecule has 120 valence electrons. The van der Waals surface area contributed by atoms with Crippen molar-refractivity contribution in [2.75, 3.05) is 0 Å². The van der Waals surface area contributed by atoms with E-state index >= 15 is 0 Å². The molecule has 0 saturated heterocycles. The van der Waals surface area contributed by atoms with Crippen LogP contribution in [-0.4, -0.2) is 11.0 Å². The zero-order chi connectivity index (χ0) is 16.5. The van der Waals surface area contributed by atoms with Crippen molar-refractivity contribution >= 4 is 22.6 Å². The summed E-state index contributed by atoms with van der Waals surface area (Å²) in [5, 5.41) is -0.949. The van der Waals surface area contributed by atoms with Crippen LogP contribution >= 0.6 is 11.6 Å². The van der Waals surface area contributed by atoms with E-state index in [0.717, 1.165) is 18.6 Å². The number of Topliss-reactive ketones (excluding diaryl/α,β-unsaturated/α-hetero) is 1. The predicted molar refractivity (Wildman–Crippen MR) is 72.1 cm³/mol. The Morgan fingerprint density at radius 2 is 1.68 bits per heavy atom. The van der Waals surface area contributed by atoms with Gasteiger partial charge >= 0.3 is 6.18 Å². The highest BCUT2D eigenvalue weighted by atomic mass is 35.5. The first kappa shape index (κ1) is 16.9. The summed E-state index contributed by atoms with van der Waals surface area (Å²) in [6.07, 6.45) is -2.81. The lowest BCUT2D eigenvalue weighted by Crippen LogP contribution is -2.39. The van der Waals surface area contributed by atoms with Crippen molar-refractivity contribution in [1.82, 2.24) is 0 Å². The summed E-state index contributed by atoms with van der Waals surface area (Å²) in [5.41, 5.74) is -3.72. The van der Waals surface area contributed by atoms with Crippen LogP contribution in [0.1, 0.15) is 48.0 Å². The highest BCUT2D eigenvalue weighted by molar-refractivity contribution is 6.66. The van der Waals surface area contributed by atoms with Gasteiger partial charge in [0.25, 0.3) is 0 Å². The summed E-state index contributed by atoms with van der Waals surface area (Å²) in [6.45, 7) is 0. The second-order valence-corrected chi connectivity index (χ2v) is 5.78. The van der Waals surface area contributed by atoms with E-state index in [4.69, 9.17) is 11.6 Å². The third-order valence-corrected chi connectivity index (χ3v) is 4.41. The highest BCUT2D eigenvalue weighted by Gasteiger charge is 2.48. The van der Waals surface area contributed by atoms with Crippen LogP contribution in [0.4, 0.5) is 17.6 Å². The molecule has 0 aromatic heterocycles. The lowest BCUT2D eigenvalue weighted by atomic mass is 9.70. The van der Waals surface area contributed by atoms with Crippen molar-refractivity contribution in [1.29, 1.82) is 0 Å². The van der Waals surface area contributed by atoms with Gasteiger partial charge in [-0.2, -0.15) is 13.2 Å². The largest absolute Gasteiger partial charge is 0.417 e. The Morgan fingerprint density at radius 3 is 2.18 bits per heavy atom. The van der Waals surface area contributed by atoms with E-state index in [9.17, 15) is 27.2 Å². The first-order valence-electron chi connectivity index (χ1n) is 6.80. The zero-order valence-electron chi connectivity index (χ0n) is 11.5. The summed E-state index contributed by atoms with van der Waals surface area (Å²) in [4.78, 5) is 24.4. The first-order chi connectivity index (χ1) is 10.2. The lowest BCUT2D eigenvalue weighted by Gasteiger charge is -2.32. The fourth-order valence-corrected chi connectivity index (χ4v) is 3.15. The van der Waals surface area contributed by atoms with Crippen LogP contribution in [0.2, 0.25) is 0 Å². The Kier molecular flexibility index (Phi) is 4.61. The highest BCUT2D eigenvalue weighted by Crippen LogP contribution is 2.43. The molecule has 0 amide bonds. The molecular weight excluding hydrogens is 324 g/mol. The van der Waals surface area contributed by atoms with Gasteiger partial charge in [0.2, 0.25) is 5.24 Å². The normalized spacial score (nSPS) is 18.0. The number of benzene rings is 1. The van der Waals surface area contributed by atoms with Gasteiger partial charge < -0.3 is 0 Å². The molecule has 1 aromatic rings. The predicted octanol–water partition coefficient (Wildman–Crippen LogP) is 4.74. The molecule has 0 spiro atoms. The van der Waals surface area contributed by atoms with Gasteiger partial charge in [-0.05, 0) is 42.6 Å². The topological polar surface area (TPSA) is 34.1 Å². The van der Waals surface area contributed by atoms with E-state index in [-0.39, 0.29) is 18.9 Å². The second kappa shape index (κ2) is 5.99. The summed E-state index contributed by atoms with van der Waals surface area (Å²) in [5.74, 6) is -2.07. The van der Waals surface area contributed by atoms with Crippen molar-refractivity contribution in [3.05, 3.63) is 35.1 Å². The molecule has 1 aliphatic rings. The smallest absolute Gasteiger partial charge is 0.293 e. The zero-order valence-corrected chi connectivity index (χ0v) is 12.2. The second-order valence-electron chi connectivity index (χ2n) is 5.43. The molecule has 1 aliphatic carbocycles. The molecule has 1 fully saturated rings. The molecule has 0 N–H and O–H groups in total. The van der Waals surface area contributed by atoms with Crippen LogP contribution in [0, 0.1) is 11.2 Å². The van der Waals surface area contributed by atoms with Gasteiger partial charge in [-0.15, -0.1) is 0 Å². The molecule has 1 saturated carbocycles. The molecule has 0 atom stereocenters. The summed E-state index contributed by atoms with van der Waals surface area (Å²) >= 11 is 5.54. The van der Waals surface area contributed by atoms with E-state index in [1.165, 1.54) is 0 Å². The number of carbonyl (C=O) groups excluding carboxylic acids is 2. The van der Waals surface area contributed by atoms with Crippen LogP contribution in [0.5, 0.6) is 0 Å². The Hall–Kier alpha value is -1.43. The Bertz CT molecular complexity index is 604. The third kappa shape index (κ3) is 3.02. The fraction of sp³-hybridized carbons (Fsp3) is 0.467. The van der Waals surface area contributed by atoms with Gasteiger partial charge in [0, 0.05) is 5.56 Å². The summed E-state index contributed by atoms with van der Waals surface area (Å²) in [6, 6.07) is 1.82. The molecule has 0 bridgehead atoms. The van der Waals surface area contributed by atoms with Gasteiger partial charge in [-0.1, -0.05) is 19.3 Å². The average Bonchev–Trinajstić information content (AvgIpc) is 2.46. The molecule has 0 aliphatic heterocycles. The minimum Gasteiger partial charge on any atom is -0.293 e. The van der Waals surface area contributed by atoms with Crippen LogP contribution in [0.25, 0.3) is 0 Å². The minimum absolute atomic E-state index is 0.114. The number of ketones is 1. The van der Waals surface area contributed by atoms with Gasteiger partial charge in [0.15, 0.2) is 5.78 Å². The van der Waals surface area contributed by atoms with Gasteiger partial charge in [-0.3, -0.25) is 9.59 Å². The standard InChI is InChI=1S/C15H13ClF4O2/c16-13(22)14(6-2-1-3-7-14)12(21)10-5-4-9(17)8-11(10)15(18,19)20/h4-5,8H,1-3,6-7H2. The van der Waals surface area contributed by atoms with Gasteiger partial charge in [0.05, 0.1) is 5.56 Å². The molecular formula is C15H13ClF4O2. The van der Waals surface area contributed by atoms with E-state index in [2.05, 4.69) is 0 Å². The quantitative estimate of drug-likeness (QED) is 0.346. The Morgan fingerprint density at radius 1 is 1.09 bits per heavy atom. The minimum atomic E-state index is -4.89. The first-order valence-corrected chi connectivity index (χ1v) is 7.18. The molecule has 2 rings (SSSR count). The molecule has 22 heavy (non-hydrogen) atoms. The maximum absolute atomic E-state index is 13.1. The Balaban J connectivity index is 2.55. The number of rotatable bonds is 3. The number of halogens is 5. The number of hydrogen-bond donors (Lipinski definition) is 0. The Labute approximate surface area is 129 Å². The van der Waals surface area contributed by atoms with Crippen LogP contribution < -0.4 is 0 Å². The van der Waals surface area contributed by atoms with Gasteiger partial charge in [-0.25, -0.2) is 4.39 Å². The number of hydrogen-bond acceptors (Lipinski definition) is 2. The lowest BCUT2D eigenvalue weighted by molar-refractivity contribution is -0.138. The van der Waals surface area contributed by atoms with Crippen LogP contribution in [0.15, 0.2) is 18.2 Å². The fourth-order valence-electron chi connectivity index (χ4n) is 2.87. The molecule has 0 unspecified atom stereocenters. The van der Waals surface area contributed by atoms with Crippen molar-refractivity contribution in [2.45, 2.75) is 38.3 Å². The average molecular weight is 337 g/mol. The number of carbonyl (C=O) groups is 2. The van der Waals surface area contributed by atoms with E-state index in [0.29, 0.717) is 12.8 Å². The molecule has 0 radical (unpaired) electrons. The van der Waals surface area contributed by atoms with Crippen LogP contribution in [-0.2, 0) is 11.0 Å². The molecule has 2 nitrogen and oxygen atoms in total. The molecule has 7 heteroatoms. The van der Waals surface area contributed by atoms with Crippen molar-refractivity contribution in [3.63, 3.8) is 0 Å². The van der Waals surface area contributed by atoms with Crippen molar-refractivity contribution in [3.8, 4) is 0 Å². The van der Waals surface area contributed by atoms with E-state index < -0.39 is 39.6 Å². The maximum atomic E-state index is 13.1. The van der Waals surface area contributed by atoms with E-state index in [1.807, 2.05) is 0 Å². The molecule has 1 aromatic carbocycles. The van der Waals surface area contributed by atoms with Crippen LogP contribution in [0.3, 0.4) is 0 Å². The monoisotopic (exact) mass is 336 g/mol. The van der Waals surface area contributed by atoms with Gasteiger partial charge in [0.1, 0.15) is 11.2 Å². The summed E-state index contributed by atoms with van der Waals surface area (Å²) in [7, 11) is 0.